The van der Waals surface area contributed by atoms with Gasteiger partial charge in [-0.15, -0.1) is 0 Å². The van der Waals surface area contributed by atoms with Crippen molar-refractivity contribution in [2.75, 3.05) is 26.7 Å². The van der Waals surface area contributed by atoms with Crippen LogP contribution >= 0.6 is 0 Å². The average Bonchev–Trinajstić information content (AvgIpc) is 2.68. The van der Waals surface area contributed by atoms with E-state index in [9.17, 15) is 9.59 Å². The zero-order chi connectivity index (χ0) is 18.9. The molecule has 0 aliphatic heterocycles. The Morgan fingerprint density at radius 1 is 0.923 bits per heavy atom. The van der Waals surface area contributed by atoms with Gasteiger partial charge < -0.3 is 14.5 Å². The van der Waals surface area contributed by atoms with E-state index < -0.39 is 0 Å². The van der Waals surface area contributed by atoms with E-state index in [1.807, 2.05) is 56.3 Å². The van der Waals surface area contributed by atoms with E-state index in [1.54, 1.807) is 24.1 Å². The minimum absolute atomic E-state index is 0.0428. The number of hydrogen-bond donors (Lipinski definition) is 0. The zero-order valence-electron chi connectivity index (χ0n) is 15.6. The average molecular weight is 354 g/mol. The molecule has 0 fully saturated rings. The quantitative estimate of drug-likeness (QED) is 0.731. The van der Waals surface area contributed by atoms with Gasteiger partial charge in [0.1, 0.15) is 12.4 Å². The summed E-state index contributed by atoms with van der Waals surface area (Å²) in [6.45, 7) is 5.67. The molecule has 0 saturated heterocycles. The smallest absolute Gasteiger partial charge is 0.254 e. The first kappa shape index (κ1) is 19.5. The minimum Gasteiger partial charge on any atom is -0.489 e. The highest BCUT2D eigenvalue weighted by atomic mass is 16.5. The Balaban J connectivity index is 1.92. The second-order valence-electron chi connectivity index (χ2n) is 6.03. The fourth-order valence-electron chi connectivity index (χ4n) is 2.60. The van der Waals surface area contributed by atoms with Crippen molar-refractivity contribution in [3.05, 3.63) is 65.7 Å². The molecule has 2 rings (SSSR count). The summed E-state index contributed by atoms with van der Waals surface area (Å²) < 4.78 is 5.70. The predicted molar refractivity (Wildman–Crippen MR) is 102 cm³/mol. The molecule has 0 aliphatic carbocycles. The van der Waals surface area contributed by atoms with Crippen LogP contribution in [0.25, 0.3) is 0 Å². The number of carbonyl (C=O) groups excluding carboxylic acids is 2. The van der Waals surface area contributed by atoms with Gasteiger partial charge in [-0.25, -0.2) is 0 Å². The van der Waals surface area contributed by atoms with E-state index in [4.69, 9.17) is 4.74 Å². The Morgan fingerprint density at radius 3 is 2.12 bits per heavy atom. The van der Waals surface area contributed by atoms with Crippen LogP contribution in [0, 0.1) is 0 Å². The van der Waals surface area contributed by atoms with Gasteiger partial charge in [-0.3, -0.25) is 9.59 Å². The van der Waals surface area contributed by atoms with Gasteiger partial charge in [0.15, 0.2) is 0 Å². The summed E-state index contributed by atoms with van der Waals surface area (Å²) in [5.74, 6) is 0.599. The van der Waals surface area contributed by atoms with Gasteiger partial charge in [-0.2, -0.15) is 0 Å². The van der Waals surface area contributed by atoms with E-state index >= 15 is 0 Å². The molecule has 0 aromatic heterocycles. The summed E-state index contributed by atoms with van der Waals surface area (Å²) in [6, 6.07) is 16.9. The van der Waals surface area contributed by atoms with E-state index in [1.165, 1.54) is 4.90 Å². The Morgan fingerprint density at radius 2 is 1.54 bits per heavy atom. The van der Waals surface area contributed by atoms with Gasteiger partial charge in [0.05, 0.1) is 6.54 Å². The first-order chi connectivity index (χ1) is 12.5. The van der Waals surface area contributed by atoms with Crippen molar-refractivity contribution in [3.8, 4) is 5.75 Å². The zero-order valence-corrected chi connectivity index (χ0v) is 15.6. The molecule has 2 amide bonds. The molecular formula is C21H26N2O3. The molecule has 0 radical (unpaired) electrons. The number of para-hydroxylation sites is 1. The summed E-state index contributed by atoms with van der Waals surface area (Å²) in [4.78, 5) is 27.8. The van der Waals surface area contributed by atoms with Crippen molar-refractivity contribution in [1.82, 2.24) is 9.80 Å². The lowest BCUT2D eigenvalue weighted by Gasteiger charge is -2.23. The van der Waals surface area contributed by atoms with Crippen LogP contribution in [-0.2, 0) is 11.4 Å². The van der Waals surface area contributed by atoms with Gasteiger partial charge in [0, 0.05) is 25.7 Å². The SMILES string of the molecule is CCN(CC)C(=O)CN(C)C(=O)c1ccc(COc2ccccc2)cc1. The molecule has 2 aromatic rings. The highest BCUT2D eigenvalue weighted by Gasteiger charge is 2.17. The lowest BCUT2D eigenvalue weighted by Crippen LogP contribution is -2.41. The van der Waals surface area contributed by atoms with Gasteiger partial charge >= 0.3 is 0 Å². The topological polar surface area (TPSA) is 49.9 Å². The van der Waals surface area contributed by atoms with Gasteiger partial charge in [-0.1, -0.05) is 30.3 Å². The maximum Gasteiger partial charge on any atom is 0.254 e. The summed E-state index contributed by atoms with van der Waals surface area (Å²) in [7, 11) is 1.65. The summed E-state index contributed by atoms with van der Waals surface area (Å²) in [5, 5.41) is 0. The van der Waals surface area contributed by atoms with Crippen LogP contribution < -0.4 is 4.74 Å². The van der Waals surface area contributed by atoms with Gasteiger partial charge in [-0.05, 0) is 43.7 Å². The van der Waals surface area contributed by atoms with Crippen LogP contribution in [0.4, 0.5) is 0 Å². The molecule has 0 aliphatic rings. The summed E-state index contributed by atoms with van der Waals surface area (Å²) in [5.41, 5.74) is 1.54. The highest BCUT2D eigenvalue weighted by molar-refractivity contribution is 5.96. The number of hydrogen-bond acceptors (Lipinski definition) is 3. The molecule has 0 saturated carbocycles. The first-order valence-electron chi connectivity index (χ1n) is 8.85. The monoisotopic (exact) mass is 354 g/mol. The molecule has 26 heavy (non-hydrogen) atoms. The number of carbonyl (C=O) groups is 2. The summed E-state index contributed by atoms with van der Waals surface area (Å²) in [6.07, 6.45) is 0. The van der Waals surface area contributed by atoms with Crippen molar-refractivity contribution in [2.24, 2.45) is 0 Å². The molecule has 2 aromatic carbocycles. The molecule has 0 N–H and O–H groups in total. The first-order valence-corrected chi connectivity index (χ1v) is 8.85. The third-order valence-corrected chi connectivity index (χ3v) is 4.18. The highest BCUT2D eigenvalue weighted by Crippen LogP contribution is 2.13. The minimum atomic E-state index is -0.166. The molecule has 5 nitrogen and oxygen atoms in total. The molecule has 0 unspecified atom stereocenters. The van der Waals surface area contributed by atoms with Gasteiger partial charge in [0.2, 0.25) is 5.91 Å². The van der Waals surface area contributed by atoms with Crippen LogP contribution in [0.15, 0.2) is 54.6 Å². The number of ether oxygens (including phenoxy) is 1. The van der Waals surface area contributed by atoms with Gasteiger partial charge in [0.25, 0.3) is 5.91 Å². The Bertz CT molecular complexity index is 710. The lowest BCUT2D eigenvalue weighted by molar-refractivity contribution is -0.131. The van der Waals surface area contributed by atoms with Crippen molar-refractivity contribution in [3.63, 3.8) is 0 Å². The Labute approximate surface area is 155 Å². The maximum atomic E-state index is 12.5. The van der Waals surface area contributed by atoms with E-state index in [0.717, 1.165) is 11.3 Å². The van der Waals surface area contributed by atoms with E-state index in [-0.39, 0.29) is 18.4 Å². The number of rotatable bonds is 8. The van der Waals surface area contributed by atoms with E-state index in [0.29, 0.717) is 25.3 Å². The predicted octanol–water partition coefficient (Wildman–Crippen LogP) is 3.21. The molecule has 5 heteroatoms. The number of nitrogens with zero attached hydrogens (tertiary/aromatic N) is 2. The number of benzene rings is 2. The fraction of sp³-hybridized carbons (Fsp3) is 0.333. The second kappa shape index (κ2) is 9.61. The molecule has 138 valence electrons. The van der Waals surface area contributed by atoms with Crippen LogP contribution in [0.5, 0.6) is 5.75 Å². The van der Waals surface area contributed by atoms with Crippen LogP contribution in [0.2, 0.25) is 0 Å². The molecule has 0 atom stereocenters. The largest absolute Gasteiger partial charge is 0.489 e. The second-order valence-corrected chi connectivity index (χ2v) is 6.03. The number of likely N-dealkylation sites (N-methyl/N-ethyl adjacent to an activating group) is 2. The standard InChI is InChI=1S/C21H26N2O3/c1-4-23(5-2)20(24)15-22(3)21(25)18-13-11-17(12-14-18)16-26-19-9-7-6-8-10-19/h6-14H,4-5,15-16H2,1-3H3. The molecule has 0 spiro atoms. The van der Waals surface area contributed by atoms with Crippen LogP contribution in [-0.4, -0.2) is 48.3 Å². The summed E-state index contributed by atoms with van der Waals surface area (Å²) >= 11 is 0. The molecule has 0 bridgehead atoms. The van der Waals surface area contributed by atoms with Crippen molar-refractivity contribution < 1.29 is 14.3 Å². The van der Waals surface area contributed by atoms with Crippen molar-refractivity contribution >= 4 is 11.8 Å². The Hall–Kier alpha value is -2.82. The van der Waals surface area contributed by atoms with Crippen molar-refractivity contribution in [1.29, 1.82) is 0 Å². The third-order valence-electron chi connectivity index (χ3n) is 4.18. The molecule has 0 heterocycles. The van der Waals surface area contributed by atoms with Crippen LogP contribution in [0.3, 0.4) is 0 Å². The fourth-order valence-corrected chi connectivity index (χ4v) is 2.60. The Kier molecular flexibility index (Phi) is 7.21. The van der Waals surface area contributed by atoms with Crippen LogP contribution in [0.1, 0.15) is 29.8 Å². The molecular weight excluding hydrogens is 328 g/mol. The third kappa shape index (κ3) is 5.34. The van der Waals surface area contributed by atoms with Crippen molar-refractivity contribution in [2.45, 2.75) is 20.5 Å². The number of amides is 2. The normalized spacial score (nSPS) is 10.3. The maximum absolute atomic E-state index is 12.5. The van der Waals surface area contributed by atoms with E-state index in [2.05, 4.69) is 0 Å². The lowest BCUT2D eigenvalue weighted by atomic mass is 10.1.